The number of amides is 3. The molecule has 2 aromatic carbocycles. The predicted octanol–water partition coefficient (Wildman–Crippen LogP) is 4.44. The molecule has 2 N–H and O–H groups in total. The first-order valence-corrected chi connectivity index (χ1v) is 10.4. The molecule has 1 aliphatic heterocycles. The lowest BCUT2D eigenvalue weighted by Gasteiger charge is -2.24. The second kappa shape index (κ2) is 8.64. The van der Waals surface area contributed by atoms with Crippen LogP contribution in [0.2, 0.25) is 0 Å². The quantitative estimate of drug-likeness (QED) is 0.715. The van der Waals surface area contributed by atoms with Gasteiger partial charge in [-0.3, -0.25) is 14.4 Å². The number of hydrogen-bond acceptors (Lipinski definition) is 3. The minimum Gasteiger partial charge on any atom is -0.326 e. The van der Waals surface area contributed by atoms with Crippen molar-refractivity contribution in [2.75, 3.05) is 22.1 Å². The first-order valence-electron chi connectivity index (χ1n) is 10.4. The van der Waals surface area contributed by atoms with Gasteiger partial charge in [-0.1, -0.05) is 12.5 Å². The van der Waals surface area contributed by atoms with Gasteiger partial charge in [0.15, 0.2) is 0 Å². The van der Waals surface area contributed by atoms with Crippen molar-refractivity contribution in [1.29, 1.82) is 0 Å². The van der Waals surface area contributed by atoms with Crippen molar-refractivity contribution in [3.8, 4) is 0 Å². The lowest BCUT2D eigenvalue weighted by molar-refractivity contribution is -0.137. The molecule has 6 nitrogen and oxygen atoms in total. The van der Waals surface area contributed by atoms with Crippen LogP contribution in [0.4, 0.5) is 30.2 Å². The second-order valence-corrected chi connectivity index (χ2v) is 8.14. The van der Waals surface area contributed by atoms with Crippen molar-refractivity contribution in [2.24, 2.45) is 11.8 Å². The van der Waals surface area contributed by atoms with Crippen LogP contribution >= 0.6 is 0 Å². The van der Waals surface area contributed by atoms with Crippen LogP contribution in [0.5, 0.6) is 0 Å². The number of rotatable bonds is 5. The molecule has 4 rings (SSSR count). The molecule has 0 radical (unpaired) electrons. The first-order chi connectivity index (χ1) is 15.2. The minimum atomic E-state index is -4.45. The standard InChI is InChI=1S/C23H22F3N3O3/c24-23(25,26)16-7-9-17(10-8-16)27-22(32)15-11-20(30)29(13-15)19-6-2-5-18(12-19)28-21(31)14-3-1-4-14/h2,5-10,12,14-15H,1,3-4,11,13H2,(H,27,32)(H,28,31). The van der Waals surface area contributed by atoms with Crippen molar-refractivity contribution in [1.82, 2.24) is 0 Å². The molecule has 1 aliphatic carbocycles. The van der Waals surface area contributed by atoms with Crippen LogP contribution < -0.4 is 15.5 Å². The van der Waals surface area contributed by atoms with Gasteiger partial charge < -0.3 is 15.5 Å². The summed E-state index contributed by atoms with van der Waals surface area (Å²) >= 11 is 0. The van der Waals surface area contributed by atoms with Crippen molar-refractivity contribution < 1.29 is 27.6 Å². The molecule has 1 heterocycles. The van der Waals surface area contributed by atoms with Gasteiger partial charge in [0.2, 0.25) is 17.7 Å². The molecule has 1 saturated heterocycles. The highest BCUT2D eigenvalue weighted by Gasteiger charge is 2.36. The van der Waals surface area contributed by atoms with E-state index in [2.05, 4.69) is 10.6 Å². The molecular formula is C23H22F3N3O3. The number of alkyl halides is 3. The van der Waals surface area contributed by atoms with Crippen LogP contribution in [0.1, 0.15) is 31.2 Å². The molecule has 0 spiro atoms. The topological polar surface area (TPSA) is 78.5 Å². The number of carbonyl (C=O) groups excluding carboxylic acids is 3. The minimum absolute atomic E-state index is 0.00880. The smallest absolute Gasteiger partial charge is 0.326 e. The molecule has 1 atom stereocenters. The molecule has 9 heteroatoms. The summed E-state index contributed by atoms with van der Waals surface area (Å²) in [7, 11) is 0. The van der Waals surface area contributed by atoms with E-state index < -0.39 is 23.6 Å². The fraction of sp³-hybridized carbons (Fsp3) is 0.348. The number of nitrogens with zero attached hydrogens (tertiary/aromatic N) is 1. The molecule has 0 aromatic heterocycles. The first kappa shape index (κ1) is 21.9. The van der Waals surface area contributed by atoms with Gasteiger partial charge in [0.25, 0.3) is 0 Å². The fourth-order valence-electron chi connectivity index (χ4n) is 3.79. The molecule has 2 aliphatic rings. The number of halogens is 3. The number of anilines is 3. The number of nitrogens with one attached hydrogen (secondary N) is 2. The highest BCUT2D eigenvalue weighted by atomic mass is 19.4. The monoisotopic (exact) mass is 445 g/mol. The second-order valence-electron chi connectivity index (χ2n) is 8.14. The maximum absolute atomic E-state index is 12.7. The number of carbonyl (C=O) groups is 3. The van der Waals surface area contributed by atoms with Crippen molar-refractivity contribution in [3.63, 3.8) is 0 Å². The number of hydrogen-bond donors (Lipinski definition) is 2. The largest absolute Gasteiger partial charge is 0.416 e. The molecule has 2 aromatic rings. The van der Waals surface area contributed by atoms with E-state index in [0.717, 1.165) is 31.4 Å². The third-order valence-corrected chi connectivity index (χ3v) is 5.88. The summed E-state index contributed by atoms with van der Waals surface area (Å²) < 4.78 is 38.0. The SMILES string of the molecule is O=C(Nc1cccc(N2CC(C(=O)Nc3ccc(C(F)(F)F)cc3)CC2=O)c1)C1CCC1. The zero-order valence-electron chi connectivity index (χ0n) is 17.1. The average Bonchev–Trinajstić information content (AvgIpc) is 3.08. The van der Waals surface area contributed by atoms with Crippen molar-refractivity contribution in [2.45, 2.75) is 31.9 Å². The lowest BCUT2D eigenvalue weighted by atomic mass is 9.85. The Bertz CT molecular complexity index is 1030. The zero-order valence-corrected chi connectivity index (χ0v) is 17.1. The van der Waals surface area contributed by atoms with Crippen LogP contribution in [0.3, 0.4) is 0 Å². The normalized spacial score (nSPS) is 18.9. The van der Waals surface area contributed by atoms with E-state index in [1.54, 1.807) is 24.3 Å². The zero-order chi connectivity index (χ0) is 22.9. The van der Waals surface area contributed by atoms with E-state index in [9.17, 15) is 27.6 Å². The van der Waals surface area contributed by atoms with Gasteiger partial charge in [0, 0.05) is 35.9 Å². The lowest BCUT2D eigenvalue weighted by Crippen LogP contribution is -2.29. The molecule has 168 valence electrons. The maximum Gasteiger partial charge on any atom is 0.416 e. The molecule has 32 heavy (non-hydrogen) atoms. The van der Waals surface area contributed by atoms with E-state index in [0.29, 0.717) is 11.4 Å². The molecule has 1 unspecified atom stereocenters. The van der Waals surface area contributed by atoms with Gasteiger partial charge in [-0.15, -0.1) is 0 Å². The van der Waals surface area contributed by atoms with E-state index in [4.69, 9.17) is 0 Å². The van der Waals surface area contributed by atoms with Gasteiger partial charge in [-0.25, -0.2) is 0 Å². The van der Waals surface area contributed by atoms with E-state index in [-0.39, 0.29) is 36.4 Å². The molecule has 3 amide bonds. The van der Waals surface area contributed by atoms with E-state index in [1.807, 2.05) is 0 Å². The molecule has 0 bridgehead atoms. The van der Waals surface area contributed by atoms with Crippen LogP contribution in [0.25, 0.3) is 0 Å². The van der Waals surface area contributed by atoms with Gasteiger partial charge in [-0.2, -0.15) is 13.2 Å². The van der Waals surface area contributed by atoms with Crippen LogP contribution in [0.15, 0.2) is 48.5 Å². The van der Waals surface area contributed by atoms with Crippen molar-refractivity contribution in [3.05, 3.63) is 54.1 Å². The van der Waals surface area contributed by atoms with Gasteiger partial charge >= 0.3 is 6.18 Å². The Morgan fingerprint density at radius 3 is 2.19 bits per heavy atom. The Balaban J connectivity index is 1.39. The Kier molecular flexibility index (Phi) is 5.90. The summed E-state index contributed by atoms with van der Waals surface area (Å²) in [6.07, 6.45) is -1.65. The Morgan fingerprint density at radius 2 is 1.56 bits per heavy atom. The summed E-state index contributed by atoms with van der Waals surface area (Å²) in [5, 5.41) is 5.44. The summed E-state index contributed by atoms with van der Waals surface area (Å²) in [4.78, 5) is 38.8. The fourth-order valence-corrected chi connectivity index (χ4v) is 3.79. The van der Waals surface area contributed by atoms with Crippen molar-refractivity contribution >= 4 is 34.8 Å². The molecule has 1 saturated carbocycles. The maximum atomic E-state index is 12.7. The van der Waals surface area contributed by atoms with Crippen LogP contribution in [0, 0.1) is 11.8 Å². The van der Waals surface area contributed by atoms with E-state index in [1.165, 1.54) is 17.0 Å². The Labute approximate surface area is 182 Å². The van der Waals surface area contributed by atoms with Gasteiger partial charge in [0.05, 0.1) is 11.5 Å². The Morgan fingerprint density at radius 1 is 0.906 bits per heavy atom. The van der Waals surface area contributed by atoms with Crippen LogP contribution in [-0.4, -0.2) is 24.3 Å². The highest BCUT2D eigenvalue weighted by molar-refractivity contribution is 6.04. The molecule has 2 fully saturated rings. The summed E-state index contributed by atoms with van der Waals surface area (Å²) in [5.41, 5.74) is 0.590. The van der Waals surface area contributed by atoms with Crippen LogP contribution in [-0.2, 0) is 20.6 Å². The number of benzene rings is 2. The van der Waals surface area contributed by atoms with Gasteiger partial charge in [-0.05, 0) is 55.3 Å². The Hall–Kier alpha value is -3.36. The van der Waals surface area contributed by atoms with E-state index >= 15 is 0 Å². The third kappa shape index (κ3) is 4.76. The summed E-state index contributed by atoms with van der Waals surface area (Å²) in [5.74, 6) is -1.31. The summed E-state index contributed by atoms with van der Waals surface area (Å²) in [6.45, 7) is 0.144. The highest BCUT2D eigenvalue weighted by Crippen LogP contribution is 2.32. The summed E-state index contributed by atoms with van der Waals surface area (Å²) in [6, 6.07) is 11.1. The van der Waals surface area contributed by atoms with Gasteiger partial charge in [0.1, 0.15) is 0 Å². The predicted molar refractivity (Wildman–Crippen MR) is 113 cm³/mol. The third-order valence-electron chi connectivity index (χ3n) is 5.88. The molecular weight excluding hydrogens is 423 g/mol. The average molecular weight is 445 g/mol.